The smallest absolute Gasteiger partial charge is 0.0619 e. The first kappa shape index (κ1) is 43.1. The van der Waals surface area contributed by atoms with Gasteiger partial charge in [-0.1, -0.05) is 218 Å². The molecule has 0 saturated heterocycles. The van der Waals surface area contributed by atoms with Crippen molar-refractivity contribution in [1.82, 2.24) is 9.13 Å². The minimum atomic E-state index is 1.06. The molecule has 0 bridgehead atoms. The van der Waals surface area contributed by atoms with Crippen LogP contribution in [0.1, 0.15) is 17.7 Å². The summed E-state index contributed by atoms with van der Waals surface area (Å²) in [6, 6.07) is 87.1. The van der Waals surface area contributed by atoms with Gasteiger partial charge in [0.15, 0.2) is 0 Å². The van der Waals surface area contributed by atoms with Crippen molar-refractivity contribution < 1.29 is 0 Å². The quantitative estimate of drug-likeness (QED) is 0.163. The number of rotatable bonds is 4. The monoisotopic (exact) mass is 1020 g/mol. The van der Waals surface area contributed by atoms with Gasteiger partial charge >= 0.3 is 0 Å². The Morgan fingerprint density at radius 1 is 0.308 bits per heavy atom. The molecule has 2 nitrogen and oxygen atoms in total. The molecule has 0 N–H and O–H groups in total. The second-order valence-electron chi connectivity index (χ2n) is 21.3. The molecule has 0 radical (unpaired) electrons. The molecule has 0 fully saturated rings. The highest BCUT2D eigenvalue weighted by molar-refractivity contribution is 8.00. The van der Waals surface area contributed by atoms with E-state index in [1.807, 2.05) is 23.5 Å². The van der Waals surface area contributed by atoms with E-state index in [-0.39, 0.29) is 0 Å². The number of hydrogen-bond acceptors (Lipinski definition) is 2. The molecule has 0 spiro atoms. The minimum absolute atomic E-state index is 1.06. The van der Waals surface area contributed by atoms with Gasteiger partial charge in [-0.15, -0.1) is 0 Å². The fraction of sp³-hybridized carbons (Fsp3) is 0.0270. The zero-order valence-corrected chi connectivity index (χ0v) is 43.9. The highest BCUT2D eigenvalue weighted by atomic mass is 32.2. The molecule has 78 heavy (non-hydrogen) atoms. The molecule has 0 unspecified atom stereocenters. The molecule has 362 valence electrons. The molecule has 15 aromatic rings. The second kappa shape index (κ2) is 16.2. The molecule has 18 rings (SSSR count). The standard InChI is InChI=1S/C74H44N2S2/c1-5-25-57-51(21-1)69(52-22-2-6-26-58(52)73(57)75-61-29-13-9-17-45(61)46-18-10-14-30-62(46)75)43-33-35-49-55-37-38-56-50-36-34-44(42-68(50)78-66-40-39-65(71(55)72(56)66)77-67(49)41-43)70-53-23-3-7-27-59(53)74(60-28-8-4-24-54(60)70)76-63-31-15-11-19-47(63)48-20-12-16-32-64(48)76/h1-11,13-19,21-42H,12,20H2. The van der Waals surface area contributed by atoms with Crippen LogP contribution in [0.2, 0.25) is 0 Å². The van der Waals surface area contributed by atoms with Crippen LogP contribution in [0, 0.1) is 0 Å². The van der Waals surface area contributed by atoms with Gasteiger partial charge in [-0.3, -0.25) is 0 Å². The van der Waals surface area contributed by atoms with Crippen molar-refractivity contribution >= 4 is 116 Å². The van der Waals surface area contributed by atoms with Crippen molar-refractivity contribution in [3.63, 3.8) is 0 Å². The van der Waals surface area contributed by atoms with E-state index in [2.05, 4.69) is 252 Å². The fourth-order valence-corrected chi connectivity index (χ4v) is 16.5. The average Bonchev–Trinajstić information content (AvgIpc) is 4.07. The van der Waals surface area contributed by atoms with Crippen LogP contribution in [0.5, 0.6) is 0 Å². The van der Waals surface area contributed by atoms with E-state index in [9.17, 15) is 0 Å². The first-order chi connectivity index (χ1) is 38.7. The van der Waals surface area contributed by atoms with E-state index >= 15 is 0 Å². The van der Waals surface area contributed by atoms with Crippen LogP contribution in [-0.4, -0.2) is 9.13 Å². The highest BCUT2D eigenvalue weighted by Crippen LogP contribution is 2.58. The third kappa shape index (κ3) is 5.86. The predicted molar refractivity (Wildman–Crippen MR) is 332 cm³/mol. The summed E-state index contributed by atoms with van der Waals surface area (Å²) in [5.41, 5.74) is 19.2. The summed E-state index contributed by atoms with van der Waals surface area (Å²) in [6.07, 6.45) is 6.84. The van der Waals surface area contributed by atoms with Gasteiger partial charge < -0.3 is 9.13 Å². The normalized spacial score (nSPS) is 13.4. The molecule has 4 heterocycles. The summed E-state index contributed by atoms with van der Waals surface area (Å²) in [6.45, 7) is 0. The number of fused-ring (bicyclic) bond motifs is 14. The Morgan fingerprint density at radius 2 is 0.679 bits per heavy atom. The zero-order valence-electron chi connectivity index (χ0n) is 42.2. The Morgan fingerprint density at radius 3 is 1.14 bits per heavy atom. The lowest BCUT2D eigenvalue weighted by Crippen LogP contribution is -2.03. The molecule has 0 saturated carbocycles. The van der Waals surface area contributed by atoms with Gasteiger partial charge in [0.25, 0.3) is 0 Å². The molecular formula is C74H44N2S2. The number of aryl methyl sites for hydroxylation is 1. The van der Waals surface area contributed by atoms with E-state index in [1.165, 1.54) is 173 Å². The van der Waals surface area contributed by atoms with Crippen LogP contribution in [0.3, 0.4) is 0 Å². The van der Waals surface area contributed by atoms with Crippen LogP contribution < -0.4 is 0 Å². The second-order valence-corrected chi connectivity index (χ2v) is 23.4. The van der Waals surface area contributed by atoms with E-state index in [0.29, 0.717) is 0 Å². The molecule has 4 heteroatoms. The lowest BCUT2D eigenvalue weighted by atomic mass is 9.87. The molecule has 2 aromatic heterocycles. The maximum Gasteiger partial charge on any atom is 0.0619 e. The van der Waals surface area contributed by atoms with Crippen molar-refractivity contribution in [1.29, 1.82) is 0 Å². The predicted octanol–water partition coefficient (Wildman–Crippen LogP) is 21.1. The first-order valence-electron chi connectivity index (χ1n) is 27.1. The number of aromatic nitrogens is 2. The summed E-state index contributed by atoms with van der Waals surface area (Å²) in [7, 11) is 0. The third-order valence-electron chi connectivity index (χ3n) is 17.3. The van der Waals surface area contributed by atoms with Crippen LogP contribution in [0.4, 0.5) is 0 Å². The Bertz CT molecular complexity index is 5060. The third-order valence-corrected chi connectivity index (χ3v) is 19.6. The lowest BCUT2D eigenvalue weighted by Gasteiger charge is -2.27. The minimum Gasteiger partial charge on any atom is -0.308 e. The fourth-order valence-electron chi connectivity index (χ4n) is 14.2. The number of hydrogen-bond donors (Lipinski definition) is 0. The molecular weight excluding hydrogens is 981 g/mol. The molecule has 2 aliphatic heterocycles. The number of para-hydroxylation sites is 3. The summed E-state index contributed by atoms with van der Waals surface area (Å²) >= 11 is 3.85. The van der Waals surface area contributed by atoms with Crippen molar-refractivity contribution in [2.75, 3.05) is 0 Å². The Balaban J connectivity index is 0.769. The van der Waals surface area contributed by atoms with Crippen LogP contribution in [-0.2, 0) is 6.42 Å². The number of benzene rings is 13. The van der Waals surface area contributed by atoms with Gasteiger partial charge in [-0.25, -0.2) is 0 Å². The van der Waals surface area contributed by atoms with Gasteiger partial charge in [0.05, 0.1) is 27.9 Å². The van der Waals surface area contributed by atoms with Crippen molar-refractivity contribution in [2.24, 2.45) is 0 Å². The number of allylic oxidation sites excluding steroid dienone is 1. The topological polar surface area (TPSA) is 9.86 Å². The van der Waals surface area contributed by atoms with Gasteiger partial charge in [-0.2, -0.15) is 0 Å². The average molecular weight is 1030 g/mol. The maximum atomic E-state index is 2.55. The van der Waals surface area contributed by atoms with Crippen LogP contribution in [0.15, 0.2) is 256 Å². The SMILES string of the molecule is C1=Cc2c(c3ccccc3n2-c2c3ccccc3c(-c3ccc4c(c3)Sc3ccc5c6c(ccc-4c36)-c3ccc(-c4c6ccccc6c(-n6c7ccccc7c7ccccc76)c6ccccc46)cc3S5)c3ccccc23)CC1. The maximum absolute atomic E-state index is 2.55. The summed E-state index contributed by atoms with van der Waals surface area (Å²) in [5.74, 6) is 0. The number of nitrogens with zero attached hydrogens (tertiary/aromatic N) is 2. The highest BCUT2D eigenvalue weighted by Gasteiger charge is 2.30. The van der Waals surface area contributed by atoms with E-state index < -0.39 is 0 Å². The summed E-state index contributed by atoms with van der Waals surface area (Å²) in [4.78, 5) is 5.23. The van der Waals surface area contributed by atoms with E-state index in [4.69, 9.17) is 0 Å². The van der Waals surface area contributed by atoms with E-state index in [0.717, 1.165) is 12.8 Å². The molecule has 1 aliphatic carbocycles. The Hall–Kier alpha value is -9.06. The van der Waals surface area contributed by atoms with Crippen LogP contribution >= 0.6 is 23.5 Å². The lowest BCUT2D eigenvalue weighted by molar-refractivity contribution is 0.971. The molecule has 0 atom stereocenters. The summed E-state index contributed by atoms with van der Waals surface area (Å²) < 4.78 is 5.06. The van der Waals surface area contributed by atoms with Gasteiger partial charge in [0, 0.05) is 73.8 Å². The Kier molecular flexibility index (Phi) is 8.97. The largest absolute Gasteiger partial charge is 0.308 e. The zero-order chi connectivity index (χ0) is 50.7. The molecule has 3 aliphatic rings. The van der Waals surface area contributed by atoms with Crippen molar-refractivity contribution in [2.45, 2.75) is 32.4 Å². The van der Waals surface area contributed by atoms with Crippen molar-refractivity contribution in [3.8, 4) is 55.9 Å². The summed E-state index contributed by atoms with van der Waals surface area (Å²) in [5, 5.41) is 16.7. The van der Waals surface area contributed by atoms with Crippen molar-refractivity contribution in [3.05, 3.63) is 248 Å². The van der Waals surface area contributed by atoms with E-state index in [1.54, 1.807) is 0 Å². The molecule has 13 aromatic carbocycles. The van der Waals surface area contributed by atoms with Gasteiger partial charge in [0.1, 0.15) is 0 Å². The first-order valence-corrected chi connectivity index (χ1v) is 28.8. The van der Waals surface area contributed by atoms with Gasteiger partial charge in [0.2, 0.25) is 0 Å². The van der Waals surface area contributed by atoms with Crippen LogP contribution in [0.25, 0.3) is 149 Å². The Labute approximate surface area is 458 Å². The van der Waals surface area contributed by atoms with Gasteiger partial charge in [-0.05, 0) is 133 Å². The molecule has 0 amide bonds.